The second-order valence-corrected chi connectivity index (χ2v) is 4.69. The lowest BCUT2D eigenvalue weighted by atomic mass is 10.2. The molecule has 102 valence electrons. The van der Waals surface area contributed by atoms with Crippen molar-refractivity contribution in [3.8, 4) is 0 Å². The van der Waals surface area contributed by atoms with Crippen LogP contribution in [0, 0.1) is 0 Å². The number of para-hydroxylation sites is 1. The molecule has 6 nitrogen and oxygen atoms in total. The average Bonchev–Trinajstić information content (AvgIpc) is 3.19. The maximum absolute atomic E-state index is 5.89. The summed E-state index contributed by atoms with van der Waals surface area (Å²) in [5.41, 5.74) is 0.819. The predicted molar refractivity (Wildman–Crippen MR) is 69.8 cm³/mol. The molecule has 0 aliphatic carbocycles. The number of hydrogen-bond donors (Lipinski definition) is 0. The monoisotopic (exact) mass is 271 g/mol. The van der Waals surface area contributed by atoms with Gasteiger partial charge in [-0.3, -0.25) is 0 Å². The Morgan fingerprint density at radius 1 is 1.20 bits per heavy atom. The van der Waals surface area contributed by atoms with Crippen LogP contribution in [-0.4, -0.2) is 28.0 Å². The molecule has 6 heteroatoms. The first kappa shape index (κ1) is 11.6. The van der Waals surface area contributed by atoms with E-state index in [0.717, 1.165) is 11.0 Å². The van der Waals surface area contributed by atoms with Gasteiger partial charge < -0.3 is 13.9 Å². The molecule has 1 fully saturated rings. The zero-order valence-electron chi connectivity index (χ0n) is 10.7. The van der Waals surface area contributed by atoms with E-state index in [9.17, 15) is 0 Å². The molecule has 1 aliphatic heterocycles. The molecular weight excluding hydrogens is 258 g/mol. The van der Waals surface area contributed by atoms with Crippen molar-refractivity contribution in [1.82, 2.24) is 14.8 Å². The van der Waals surface area contributed by atoms with Crippen molar-refractivity contribution in [2.45, 2.75) is 12.3 Å². The minimum atomic E-state index is -0.924. The highest BCUT2D eigenvalue weighted by molar-refractivity contribution is 5.77. The first-order valence-electron chi connectivity index (χ1n) is 6.45. The van der Waals surface area contributed by atoms with Gasteiger partial charge in [0.25, 0.3) is 0 Å². The number of aromatic nitrogens is 3. The maximum Gasteiger partial charge on any atom is 0.248 e. The van der Waals surface area contributed by atoms with Crippen LogP contribution >= 0.6 is 0 Å². The number of fused-ring (bicyclic) bond motifs is 1. The molecule has 0 atom stereocenters. The molecule has 1 aromatic carbocycles. The fraction of sp³-hybridized carbons (Fsp3) is 0.286. The van der Waals surface area contributed by atoms with Crippen LogP contribution in [0.25, 0.3) is 11.0 Å². The largest absolute Gasteiger partial charge is 0.455 e. The lowest BCUT2D eigenvalue weighted by Crippen LogP contribution is -2.32. The van der Waals surface area contributed by atoms with E-state index in [1.165, 1.54) is 6.33 Å². The summed E-state index contributed by atoms with van der Waals surface area (Å²) in [6, 6.07) is 9.80. The zero-order valence-corrected chi connectivity index (χ0v) is 10.7. The highest BCUT2D eigenvalue weighted by Gasteiger charge is 2.42. The molecule has 0 saturated carbocycles. The number of ether oxygens (including phenoxy) is 2. The van der Waals surface area contributed by atoms with Gasteiger partial charge in [0.2, 0.25) is 5.79 Å². The van der Waals surface area contributed by atoms with Crippen molar-refractivity contribution in [3.05, 3.63) is 48.7 Å². The summed E-state index contributed by atoms with van der Waals surface area (Å²) >= 11 is 0. The van der Waals surface area contributed by atoms with Crippen molar-refractivity contribution >= 4 is 11.0 Å². The van der Waals surface area contributed by atoms with Gasteiger partial charge in [-0.15, -0.1) is 0 Å². The summed E-state index contributed by atoms with van der Waals surface area (Å²) in [6.45, 7) is 1.48. The summed E-state index contributed by atoms with van der Waals surface area (Å²) in [5, 5.41) is 5.14. The van der Waals surface area contributed by atoms with E-state index in [1.807, 2.05) is 30.3 Å². The first-order chi connectivity index (χ1) is 9.86. The highest BCUT2D eigenvalue weighted by Crippen LogP contribution is 2.36. The van der Waals surface area contributed by atoms with Crippen molar-refractivity contribution in [2.75, 3.05) is 13.2 Å². The molecular formula is C14H13N3O3. The van der Waals surface area contributed by atoms with E-state index in [1.54, 1.807) is 11.0 Å². The van der Waals surface area contributed by atoms with Crippen LogP contribution in [0.5, 0.6) is 0 Å². The predicted octanol–water partition coefficient (Wildman–Crippen LogP) is 1.92. The molecule has 0 spiro atoms. The minimum absolute atomic E-state index is 0.410. The number of furan rings is 1. The SMILES string of the molecule is c1ccc2oc(C3(Cn4cncn4)OCCO3)cc2c1. The zero-order chi connectivity index (χ0) is 13.4. The van der Waals surface area contributed by atoms with Gasteiger partial charge in [-0.2, -0.15) is 5.10 Å². The van der Waals surface area contributed by atoms with Crippen molar-refractivity contribution in [3.63, 3.8) is 0 Å². The second kappa shape index (κ2) is 4.43. The first-order valence-corrected chi connectivity index (χ1v) is 6.45. The molecule has 4 rings (SSSR count). The Morgan fingerprint density at radius 2 is 2.05 bits per heavy atom. The van der Waals surface area contributed by atoms with Gasteiger partial charge in [-0.05, 0) is 12.1 Å². The molecule has 1 aliphatic rings. The number of rotatable bonds is 3. The lowest BCUT2D eigenvalue weighted by molar-refractivity contribution is -0.189. The lowest BCUT2D eigenvalue weighted by Gasteiger charge is -2.24. The molecule has 0 radical (unpaired) electrons. The summed E-state index contributed by atoms with van der Waals surface area (Å²) in [4.78, 5) is 3.94. The third kappa shape index (κ3) is 1.81. The van der Waals surface area contributed by atoms with Crippen molar-refractivity contribution < 1.29 is 13.9 Å². The van der Waals surface area contributed by atoms with E-state index >= 15 is 0 Å². The van der Waals surface area contributed by atoms with E-state index in [-0.39, 0.29) is 0 Å². The topological polar surface area (TPSA) is 62.3 Å². The Balaban J connectivity index is 1.78. The summed E-state index contributed by atoms with van der Waals surface area (Å²) in [7, 11) is 0. The van der Waals surface area contributed by atoms with Crippen LogP contribution in [0.2, 0.25) is 0 Å². The average molecular weight is 271 g/mol. The van der Waals surface area contributed by atoms with Crippen LogP contribution in [-0.2, 0) is 21.8 Å². The van der Waals surface area contributed by atoms with Crippen LogP contribution in [0.4, 0.5) is 0 Å². The van der Waals surface area contributed by atoms with Crippen LogP contribution in [0.15, 0.2) is 47.4 Å². The van der Waals surface area contributed by atoms with E-state index in [2.05, 4.69) is 10.1 Å². The Morgan fingerprint density at radius 3 is 2.80 bits per heavy atom. The summed E-state index contributed by atoms with van der Waals surface area (Å²) < 4.78 is 19.2. The molecule has 0 unspecified atom stereocenters. The number of benzene rings is 1. The second-order valence-electron chi connectivity index (χ2n) is 4.69. The summed E-state index contributed by atoms with van der Waals surface area (Å²) in [6.07, 6.45) is 3.12. The van der Waals surface area contributed by atoms with Crippen molar-refractivity contribution in [1.29, 1.82) is 0 Å². The van der Waals surface area contributed by atoms with Crippen LogP contribution < -0.4 is 0 Å². The van der Waals surface area contributed by atoms with E-state index in [0.29, 0.717) is 25.5 Å². The van der Waals surface area contributed by atoms with E-state index in [4.69, 9.17) is 13.9 Å². The van der Waals surface area contributed by atoms with E-state index < -0.39 is 5.79 Å². The third-order valence-electron chi connectivity index (χ3n) is 3.39. The van der Waals surface area contributed by atoms with Gasteiger partial charge in [0, 0.05) is 5.39 Å². The molecule has 3 aromatic rings. The molecule has 2 aromatic heterocycles. The van der Waals surface area contributed by atoms with Gasteiger partial charge in [0.15, 0.2) is 5.76 Å². The maximum atomic E-state index is 5.89. The Bertz CT molecular complexity index is 681. The van der Waals surface area contributed by atoms with Crippen LogP contribution in [0.3, 0.4) is 0 Å². The smallest absolute Gasteiger partial charge is 0.248 e. The van der Waals surface area contributed by atoms with Gasteiger partial charge >= 0.3 is 0 Å². The Hall–Kier alpha value is -2.18. The van der Waals surface area contributed by atoms with Crippen LogP contribution in [0.1, 0.15) is 5.76 Å². The van der Waals surface area contributed by atoms with Gasteiger partial charge in [0.05, 0.1) is 13.2 Å². The fourth-order valence-electron chi connectivity index (χ4n) is 2.46. The molecule has 3 heterocycles. The highest BCUT2D eigenvalue weighted by atomic mass is 16.7. The number of nitrogens with zero attached hydrogens (tertiary/aromatic N) is 3. The quantitative estimate of drug-likeness (QED) is 0.728. The molecule has 1 saturated heterocycles. The van der Waals surface area contributed by atoms with Crippen molar-refractivity contribution in [2.24, 2.45) is 0 Å². The Kier molecular flexibility index (Phi) is 2.58. The van der Waals surface area contributed by atoms with Gasteiger partial charge in [-0.25, -0.2) is 9.67 Å². The fourth-order valence-corrected chi connectivity index (χ4v) is 2.46. The standard InChI is InChI=1S/C14H13N3O3/c1-2-4-12-11(3-1)7-13(20-12)14(18-5-6-19-14)8-17-10-15-9-16-17/h1-4,7,9-10H,5-6,8H2. The number of hydrogen-bond acceptors (Lipinski definition) is 5. The third-order valence-corrected chi connectivity index (χ3v) is 3.39. The minimum Gasteiger partial charge on any atom is -0.455 e. The molecule has 0 amide bonds. The Labute approximate surface area is 114 Å². The van der Waals surface area contributed by atoms with Gasteiger partial charge in [-0.1, -0.05) is 18.2 Å². The van der Waals surface area contributed by atoms with Gasteiger partial charge in [0.1, 0.15) is 24.8 Å². The molecule has 20 heavy (non-hydrogen) atoms. The normalized spacial score (nSPS) is 17.8. The summed E-state index contributed by atoms with van der Waals surface area (Å²) in [5.74, 6) is -0.265. The molecule has 0 N–H and O–H groups in total. The molecule has 0 bridgehead atoms.